The normalized spacial score (nSPS) is 10.4. The summed E-state index contributed by atoms with van der Waals surface area (Å²) in [7, 11) is 0. The average Bonchev–Trinajstić information content (AvgIpc) is 2.15. The largest absolute Gasteiger partial charge is 0.366 e. The predicted octanol–water partition coefficient (Wildman–Crippen LogP) is 1.14. The van der Waals surface area contributed by atoms with E-state index in [4.69, 9.17) is 5.73 Å². The summed E-state index contributed by atoms with van der Waals surface area (Å²) in [6.07, 6.45) is 2.92. The summed E-state index contributed by atoms with van der Waals surface area (Å²) >= 11 is 0. The standard InChI is InChI=1S/C10H8FNO2/c11-9-5-7(2-4-10(12)14)1-3-8(9)6-13/h1-6H,(H2,12,14). The van der Waals surface area contributed by atoms with Gasteiger partial charge in [-0.2, -0.15) is 0 Å². The Kier molecular flexibility index (Phi) is 3.12. The number of primary amides is 1. The molecule has 0 aromatic heterocycles. The molecule has 0 saturated heterocycles. The lowest BCUT2D eigenvalue weighted by Crippen LogP contribution is -2.05. The monoisotopic (exact) mass is 193 g/mol. The van der Waals surface area contributed by atoms with Crippen molar-refractivity contribution >= 4 is 18.3 Å². The maximum absolute atomic E-state index is 13.0. The predicted molar refractivity (Wildman–Crippen MR) is 50.0 cm³/mol. The molecule has 0 aliphatic heterocycles. The second-order valence-electron chi connectivity index (χ2n) is 2.63. The van der Waals surface area contributed by atoms with Gasteiger partial charge in [-0.05, 0) is 23.8 Å². The fourth-order valence-corrected chi connectivity index (χ4v) is 0.921. The molecule has 1 rings (SSSR count). The van der Waals surface area contributed by atoms with Gasteiger partial charge in [-0.15, -0.1) is 0 Å². The van der Waals surface area contributed by atoms with Crippen LogP contribution in [0.15, 0.2) is 24.3 Å². The fourth-order valence-electron chi connectivity index (χ4n) is 0.921. The molecule has 0 saturated carbocycles. The summed E-state index contributed by atoms with van der Waals surface area (Å²) < 4.78 is 13.0. The van der Waals surface area contributed by atoms with Crippen LogP contribution in [0.3, 0.4) is 0 Å². The van der Waals surface area contributed by atoms with E-state index in [0.29, 0.717) is 11.8 Å². The molecule has 0 unspecified atom stereocenters. The molecule has 0 bridgehead atoms. The van der Waals surface area contributed by atoms with Crippen LogP contribution in [-0.2, 0) is 4.79 Å². The van der Waals surface area contributed by atoms with Crippen LogP contribution in [0.5, 0.6) is 0 Å². The van der Waals surface area contributed by atoms with E-state index < -0.39 is 11.7 Å². The Labute approximate surface area is 80.0 Å². The van der Waals surface area contributed by atoms with Gasteiger partial charge in [0.15, 0.2) is 6.29 Å². The molecule has 0 fully saturated rings. The summed E-state index contributed by atoms with van der Waals surface area (Å²) in [5.74, 6) is -1.23. The maximum Gasteiger partial charge on any atom is 0.241 e. The Balaban J connectivity index is 2.97. The number of nitrogens with two attached hydrogens (primary N) is 1. The summed E-state index contributed by atoms with van der Waals surface area (Å²) in [4.78, 5) is 20.6. The first-order valence-electron chi connectivity index (χ1n) is 3.85. The number of rotatable bonds is 3. The van der Waals surface area contributed by atoms with Crippen LogP contribution in [0.2, 0.25) is 0 Å². The lowest BCUT2D eigenvalue weighted by Gasteiger charge is -1.96. The molecule has 1 aromatic carbocycles. The third-order valence-corrected chi connectivity index (χ3v) is 1.59. The molecule has 3 nitrogen and oxygen atoms in total. The van der Waals surface area contributed by atoms with Crippen LogP contribution >= 0.6 is 0 Å². The molecule has 4 heteroatoms. The molecule has 1 amide bonds. The van der Waals surface area contributed by atoms with E-state index >= 15 is 0 Å². The van der Waals surface area contributed by atoms with Crippen molar-refractivity contribution in [2.75, 3.05) is 0 Å². The Morgan fingerprint density at radius 1 is 1.43 bits per heavy atom. The fraction of sp³-hybridized carbons (Fsp3) is 0. The van der Waals surface area contributed by atoms with Crippen LogP contribution in [0.4, 0.5) is 4.39 Å². The molecule has 0 aliphatic rings. The highest BCUT2D eigenvalue weighted by molar-refractivity contribution is 5.90. The first-order valence-corrected chi connectivity index (χ1v) is 3.85. The highest BCUT2D eigenvalue weighted by atomic mass is 19.1. The van der Waals surface area contributed by atoms with E-state index in [-0.39, 0.29) is 5.56 Å². The van der Waals surface area contributed by atoms with Crippen LogP contribution in [-0.4, -0.2) is 12.2 Å². The van der Waals surface area contributed by atoms with Crippen molar-refractivity contribution in [3.8, 4) is 0 Å². The number of carbonyl (C=O) groups excluding carboxylic acids is 2. The quantitative estimate of drug-likeness (QED) is 0.578. The summed E-state index contributed by atoms with van der Waals surface area (Å²) in [5.41, 5.74) is 5.32. The van der Waals surface area contributed by atoms with Crippen molar-refractivity contribution in [2.45, 2.75) is 0 Å². The Morgan fingerprint density at radius 3 is 2.64 bits per heavy atom. The Morgan fingerprint density at radius 2 is 2.14 bits per heavy atom. The van der Waals surface area contributed by atoms with Crippen LogP contribution in [0.25, 0.3) is 6.08 Å². The molecule has 2 N–H and O–H groups in total. The SMILES string of the molecule is NC(=O)C=Cc1ccc(C=O)c(F)c1. The number of amides is 1. The molecule has 0 atom stereocenters. The van der Waals surface area contributed by atoms with Gasteiger partial charge in [-0.25, -0.2) is 4.39 Å². The first-order chi connectivity index (χ1) is 6.63. The zero-order valence-corrected chi connectivity index (χ0v) is 7.24. The molecule has 72 valence electrons. The van der Waals surface area contributed by atoms with Crippen molar-refractivity contribution in [1.82, 2.24) is 0 Å². The van der Waals surface area contributed by atoms with Gasteiger partial charge in [0.2, 0.25) is 5.91 Å². The van der Waals surface area contributed by atoms with E-state index in [2.05, 4.69) is 0 Å². The van der Waals surface area contributed by atoms with Gasteiger partial charge in [0.1, 0.15) is 5.82 Å². The van der Waals surface area contributed by atoms with Gasteiger partial charge >= 0.3 is 0 Å². The number of aldehydes is 1. The summed E-state index contributed by atoms with van der Waals surface area (Å²) in [6.45, 7) is 0. The van der Waals surface area contributed by atoms with Gasteiger partial charge in [-0.3, -0.25) is 9.59 Å². The number of carbonyl (C=O) groups is 2. The van der Waals surface area contributed by atoms with E-state index in [0.717, 1.165) is 12.1 Å². The third kappa shape index (κ3) is 2.52. The Hall–Kier alpha value is -1.97. The summed E-state index contributed by atoms with van der Waals surface area (Å²) in [6, 6.07) is 4.01. The first kappa shape index (κ1) is 10.1. The topological polar surface area (TPSA) is 60.2 Å². The zero-order valence-electron chi connectivity index (χ0n) is 7.24. The number of halogens is 1. The van der Waals surface area contributed by atoms with E-state index in [1.54, 1.807) is 0 Å². The van der Waals surface area contributed by atoms with Crippen LogP contribution < -0.4 is 5.73 Å². The van der Waals surface area contributed by atoms with Gasteiger partial charge in [0, 0.05) is 6.08 Å². The van der Waals surface area contributed by atoms with Crippen molar-refractivity contribution < 1.29 is 14.0 Å². The van der Waals surface area contributed by atoms with E-state index in [9.17, 15) is 14.0 Å². The highest BCUT2D eigenvalue weighted by Gasteiger charge is 2.00. The minimum absolute atomic E-state index is 0.0128. The number of hydrogen-bond acceptors (Lipinski definition) is 2. The lowest BCUT2D eigenvalue weighted by atomic mass is 10.1. The van der Waals surface area contributed by atoms with E-state index in [1.807, 2.05) is 0 Å². The second-order valence-corrected chi connectivity index (χ2v) is 2.63. The van der Waals surface area contributed by atoms with Gasteiger partial charge < -0.3 is 5.73 Å². The molecular formula is C10H8FNO2. The highest BCUT2D eigenvalue weighted by Crippen LogP contribution is 2.09. The van der Waals surface area contributed by atoms with Crippen molar-refractivity contribution in [1.29, 1.82) is 0 Å². The molecular weight excluding hydrogens is 185 g/mol. The molecule has 0 radical (unpaired) electrons. The lowest BCUT2D eigenvalue weighted by molar-refractivity contribution is -0.113. The molecule has 14 heavy (non-hydrogen) atoms. The number of hydrogen-bond donors (Lipinski definition) is 1. The van der Waals surface area contributed by atoms with E-state index in [1.165, 1.54) is 18.2 Å². The molecule has 0 heterocycles. The van der Waals surface area contributed by atoms with Crippen molar-refractivity contribution in [2.24, 2.45) is 5.73 Å². The zero-order chi connectivity index (χ0) is 10.6. The molecule has 0 spiro atoms. The minimum Gasteiger partial charge on any atom is -0.366 e. The number of benzene rings is 1. The van der Waals surface area contributed by atoms with Gasteiger partial charge in [0.25, 0.3) is 0 Å². The van der Waals surface area contributed by atoms with Crippen LogP contribution in [0.1, 0.15) is 15.9 Å². The Bertz CT molecular complexity index is 399. The van der Waals surface area contributed by atoms with Crippen molar-refractivity contribution in [3.05, 3.63) is 41.2 Å². The summed E-state index contributed by atoms with van der Waals surface area (Å²) in [5, 5.41) is 0. The van der Waals surface area contributed by atoms with Gasteiger partial charge in [0.05, 0.1) is 5.56 Å². The second kappa shape index (κ2) is 4.32. The van der Waals surface area contributed by atoms with Gasteiger partial charge in [-0.1, -0.05) is 6.07 Å². The maximum atomic E-state index is 13.0. The van der Waals surface area contributed by atoms with Crippen molar-refractivity contribution in [3.63, 3.8) is 0 Å². The molecule has 1 aromatic rings. The smallest absolute Gasteiger partial charge is 0.241 e. The van der Waals surface area contributed by atoms with Crippen LogP contribution in [0, 0.1) is 5.82 Å². The molecule has 0 aliphatic carbocycles. The third-order valence-electron chi connectivity index (χ3n) is 1.59. The average molecular weight is 193 g/mol. The minimum atomic E-state index is -0.619.